The van der Waals surface area contributed by atoms with Gasteiger partial charge in [0.25, 0.3) is 0 Å². The van der Waals surface area contributed by atoms with Crippen molar-refractivity contribution >= 4 is 61.9 Å². The third-order valence-electron chi connectivity index (χ3n) is 4.64. The van der Waals surface area contributed by atoms with Crippen LogP contribution in [0, 0.1) is 0 Å². The summed E-state index contributed by atoms with van der Waals surface area (Å²) in [6.07, 6.45) is 1.23. The third kappa shape index (κ3) is 10.2. The highest BCUT2D eigenvalue weighted by Crippen LogP contribution is 2.58. The van der Waals surface area contributed by atoms with Crippen LogP contribution in [0.15, 0.2) is 0 Å². The Balaban J connectivity index is 0.000000320. The van der Waals surface area contributed by atoms with E-state index in [0.29, 0.717) is 49.7 Å². The Morgan fingerprint density at radius 3 is 1.00 bits per heavy atom. The molecule has 0 saturated carbocycles. The number of hydrogen-bond donors (Lipinski definition) is 0. The van der Waals surface area contributed by atoms with Gasteiger partial charge in [0.1, 0.15) is 0 Å². The van der Waals surface area contributed by atoms with Gasteiger partial charge in [0, 0.05) is 62.5 Å². The summed E-state index contributed by atoms with van der Waals surface area (Å²) in [6.45, 7) is 9.37. The van der Waals surface area contributed by atoms with Crippen molar-refractivity contribution < 1.29 is 27.2 Å². The molecule has 0 bridgehead atoms. The summed E-state index contributed by atoms with van der Waals surface area (Å²) in [6, 6.07) is 0. The molecule has 0 aromatic rings. The second-order valence-corrected chi connectivity index (χ2v) is 13.1. The van der Waals surface area contributed by atoms with Crippen molar-refractivity contribution in [3.05, 3.63) is 0 Å². The Morgan fingerprint density at radius 1 is 0.594 bits per heavy atom. The number of alkyl halides is 4. The summed E-state index contributed by atoms with van der Waals surface area (Å²) < 4.78 is 50.0. The maximum Gasteiger partial charge on any atom is 0.408 e. The van der Waals surface area contributed by atoms with Crippen molar-refractivity contribution in [2.24, 2.45) is 0 Å². The molecule has 2 saturated heterocycles. The van der Waals surface area contributed by atoms with Gasteiger partial charge in [-0.3, -0.25) is 18.1 Å². The van der Waals surface area contributed by atoms with Gasteiger partial charge in [0.05, 0.1) is 24.4 Å². The standard InChI is InChI=1S/2C9H18Cl2NO3P/c2*1-8-7-9(2)15-16(13,14-8)12(5-3-10)6-4-11/h2*8-9H,3-7H2,1-2H3/t8-,9+,16?;8-,9-/m.0/s1. The van der Waals surface area contributed by atoms with Crippen LogP contribution in [0.1, 0.15) is 40.5 Å². The number of halogens is 4. The van der Waals surface area contributed by atoms with Gasteiger partial charge in [-0.05, 0) is 27.7 Å². The van der Waals surface area contributed by atoms with Gasteiger partial charge in [0.15, 0.2) is 0 Å². The van der Waals surface area contributed by atoms with Gasteiger partial charge < -0.3 is 0 Å². The van der Waals surface area contributed by atoms with Gasteiger partial charge in [-0.15, -0.1) is 46.4 Å². The second kappa shape index (κ2) is 15.5. The molecule has 192 valence electrons. The molecule has 0 aromatic carbocycles. The quantitative estimate of drug-likeness (QED) is 0.224. The molecule has 2 aliphatic rings. The van der Waals surface area contributed by atoms with Crippen molar-refractivity contribution in [2.45, 2.75) is 65.0 Å². The molecule has 0 N–H and O–H groups in total. The maximum absolute atomic E-state index is 12.5. The predicted octanol–water partition coefficient (Wildman–Crippen LogP) is 6.18. The first-order valence-corrected chi connectivity index (χ1v) is 15.8. The van der Waals surface area contributed by atoms with Crippen molar-refractivity contribution in [1.29, 1.82) is 0 Å². The Kier molecular flexibility index (Phi) is 15.2. The lowest BCUT2D eigenvalue weighted by Crippen LogP contribution is -2.34. The summed E-state index contributed by atoms with van der Waals surface area (Å²) in [5.74, 6) is 1.49. The van der Waals surface area contributed by atoms with Crippen LogP contribution in [-0.4, -0.2) is 83.5 Å². The molecular weight excluding hydrogens is 544 g/mol. The molecule has 2 heterocycles. The van der Waals surface area contributed by atoms with Crippen LogP contribution in [0.25, 0.3) is 0 Å². The molecule has 0 aromatic heterocycles. The first-order valence-electron chi connectivity index (χ1n) is 10.7. The molecule has 14 heteroatoms. The Hall–Kier alpha value is 1.38. The smallest absolute Gasteiger partial charge is 0.293 e. The Morgan fingerprint density at radius 2 is 0.812 bits per heavy atom. The highest BCUT2D eigenvalue weighted by atomic mass is 35.5. The molecule has 0 amide bonds. The Bertz CT molecular complexity index is 546. The van der Waals surface area contributed by atoms with Gasteiger partial charge in [-0.2, -0.15) is 0 Å². The summed E-state index contributed by atoms with van der Waals surface area (Å²) in [7, 11) is -6.41. The third-order valence-corrected chi connectivity index (χ3v) is 10.0. The average Bonchev–Trinajstić information content (AvgIpc) is 2.66. The predicted molar refractivity (Wildman–Crippen MR) is 133 cm³/mol. The number of hydrogen-bond acceptors (Lipinski definition) is 6. The minimum Gasteiger partial charge on any atom is -0.293 e. The monoisotopic (exact) mass is 578 g/mol. The van der Waals surface area contributed by atoms with E-state index >= 15 is 0 Å². The van der Waals surface area contributed by atoms with Crippen molar-refractivity contribution in [3.8, 4) is 0 Å². The minimum atomic E-state index is -3.20. The molecule has 0 radical (unpaired) electrons. The van der Waals surface area contributed by atoms with Gasteiger partial charge in [-0.25, -0.2) is 18.5 Å². The van der Waals surface area contributed by atoms with Crippen molar-refractivity contribution in [2.75, 3.05) is 49.7 Å². The average molecular weight is 580 g/mol. The molecule has 0 aliphatic carbocycles. The SMILES string of the molecule is C[C@@H]1C[C@H](C)OP(=O)(N(CCCl)CCCl)O1.C[C@H]1C[C@H](C)OP(=O)(N(CCCl)CCCl)O1. The first-order chi connectivity index (χ1) is 15.0. The van der Waals surface area contributed by atoms with Gasteiger partial charge in [-0.1, -0.05) is 0 Å². The van der Waals surface area contributed by atoms with Crippen molar-refractivity contribution in [1.82, 2.24) is 9.34 Å². The largest absolute Gasteiger partial charge is 0.408 e. The molecular formula is C18H36Cl4N2O6P2. The van der Waals surface area contributed by atoms with E-state index in [-0.39, 0.29) is 24.4 Å². The molecule has 5 atom stereocenters. The topological polar surface area (TPSA) is 77.5 Å². The van der Waals surface area contributed by atoms with E-state index in [1.807, 2.05) is 27.7 Å². The zero-order valence-corrected chi connectivity index (χ0v) is 23.9. The molecule has 2 fully saturated rings. The lowest BCUT2D eigenvalue weighted by atomic mass is 10.2. The van der Waals surface area contributed by atoms with Crippen LogP contribution >= 0.6 is 61.9 Å². The van der Waals surface area contributed by atoms with E-state index in [2.05, 4.69) is 0 Å². The number of nitrogens with zero attached hydrogens (tertiary/aromatic N) is 2. The fourth-order valence-electron chi connectivity index (χ4n) is 3.44. The van der Waals surface area contributed by atoms with Crippen LogP contribution in [0.3, 0.4) is 0 Å². The lowest BCUT2D eigenvalue weighted by molar-refractivity contribution is 0.0253. The summed E-state index contributed by atoms with van der Waals surface area (Å²) in [5, 5.41) is 0. The highest BCUT2D eigenvalue weighted by Gasteiger charge is 2.41. The van der Waals surface area contributed by atoms with E-state index < -0.39 is 15.5 Å². The van der Waals surface area contributed by atoms with E-state index in [1.165, 1.54) is 0 Å². The normalized spacial score (nSPS) is 35.6. The van der Waals surface area contributed by atoms with E-state index in [1.54, 1.807) is 9.34 Å². The Labute approximate surface area is 212 Å². The summed E-state index contributed by atoms with van der Waals surface area (Å²) in [5.41, 5.74) is 0. The van der Waals surface area contributed by atoms with Crippen LogP contribution in [0.4, 0.5) is 0 Å². The minimum absolute atomic E-state index is 0.0669. The fraction of sp³-hybridized carbons (Fsp3) is 1.00. The molecule has 32 heavy (non-hydrogen) atoms. The molecule has 8 nitrogen and oxygen atoms in total. The molecule has 2 aliphatic heterocycles. The zero-order chi connectivity index (χ0) is 24.4. The van der Waals surface area contributed by atoms with Crippen LogP contribution in [0.2, 0.25) is 0 Å². The fourth-order valence-corrected chi connectivity index (χ4v) is 8.90. The number of rotatable bonds is 10. The summed E-state index contributed by atoms with van der Waals surface area (Å²) >= 11 is 22.7. The van der Waals surface area contributed by atoms with Gasteiger partial charge >= 0.3 is 15.5 Å². The lowest BCUT2D eigenvalue weighted by Gasteiger charge is -2.37. The molecule has 0 spiro atoms. The highest BCUT2D eigenvalue weighted by molar-refractivity contribution is 7.51. The van der Waals surface area contributed by atoms with E-state index in [4.69, 9.17) is 64.5 Å². The molecule has 1 unspecified atom stereocenters. The molecule has 2 rings (SSSR count). The second-order valence-electron chi connectivity index (χ2n) is 7.74. The maximum atomic E-state index is 12.5. The van der Waals surface area contributed by atoms with E-state index in [9.17, 15) is 9.13 Å². The van der Waals surface area contributed by atoms with Crippen molar-refractivity contribution in [3.63, 3.8) is 0 Å². The van der Waals surface area contributed by atoms with Crippen LogP contribution in [0.5, 0.6) is 0 Å². The first kappa shape index (κ1) is 31.4. The van der Waals surface area contributed by atoms with Crippen LogP contribution < -0.4 is 0 Å². The van der Waals surface area contributed by atoms with Crippen LogP contribution in [-0.2, 0) is 27.2 Å². The summed E-state index contributed by atoms with van der Waals surface area (Å²) in [4.78, 5) is 0. The van der Waals surface area contributed by atoms with E-state index in [0.717, 1.165) is 12.8 Å². The van der Waals surface area contributed by atoms with Gasteiger partial charge in [0.2, 0.25) is 0 Å². The zero-order valence-electron chi connectivity index (χ0n) is 19.1.